The average molecular weight is 417 g/mol. The molecule has 6 nitrogen and oxygen atoms in total. The van der Waals surface area contributed by atoms with E-state index in [1.165, 1.54) is 11.3 Å². The quantitative estimate of drug-likeness (QED) is 0.539. The van der Waals surface area contributed by atoms with Gasteiger partial charge in [0.25, 0.3) is 11.5 Å². The first-order valence-electron chi connectivity index (χ1n) is 9.55. The summed E-state index contributed by atoms with van der Waals surface area (Å²) in [6, 6.07) is 19.0. The zero-order valence-electron chi connectivity index (χ0n) is 16.5. The Balaban J connectivity index is 1.50. The molecular formula is C23H19N3O3S. The number of carbonyl (C=O) groups is 1. The smallest absolute Gasteiger partial charge is 0.295 e. The van der Waals surface area contributed by atoms with Gasteiger partial charge in [-0.1, -0.05) is 30.3 Å². The summed E-state index contributed by atoms with van der Waals surface area (Å²) in [5.41, 5.74) is 3.43. The lowest BCUT2D eigenvalue weighted by Crippen LogP contribution is -2.22. The van der Waals surface area contributed by atoms with Crippen LogP contribution < -0.4 is 15.6 Å². The molecule has 0 aliphatic carbocycles. The molecular weight excluding hydrogens is 398 g/mol. The first kappa shape index (κ1) is 18.4. The average Bonchev–Trinajstić information content (AvgIpc) is 3.30. The monoisotopic (exact) mass is 417 g/mol. The maximum atomic E-state index is 13.0. The fraction of sp³-hybridized carbons (Fsp3) is 0.130. The lowest BCUT2D eigenvalue weighted by atomic mass is 10.1. The summed E-state index contributed by atoms with van der Waals surface area (Å²) in [5.74, 6) is 0.529. The number of rotatable bonds is 3. The lowest BCUT2D eigenvalue weighted by Gasteiger charge is -2.16. The highest BCUT2D eigenvalue weighted by Gasteiger charge is 2.24. The number of para-hydroxylation sites is 2. The number of nitrogens with zero attached hydrogens (tertiary/aromatic N) is 2. The fourth-order valence-corrected chi connectivity index (χ4v) is 4.79. The first-order chi connectivity index (χ1) is 14.5. The van der Waals surface area contributed by atoms with Crippen molar-refractivity contribution in [2.75, 3.05) is 5.32 Å². The Morgan fingerprint density at radius 2 is 1.83 bits per heavy atom. The second kappa shape index (κ2) is 7.03. The van der Waals surface area contributed by atoms with Crippen LogP contribution in [-0.2, 0) is 13.7 Å². The van der Waals surface area contributed by atoms with Gasteiger partial charge in [-0.25, -0.2) is 4.68 Å². The molecule has 2 aromatic heterocycles. The summed E-state index contributed by atoms with van der Waals surface area (Å²) in [6.45, 7) is 2.25. The number of fused-ring (bicyclic) bond motifs is 3. The summed E-state index contributed by atoms with van der Waals surface area (Å²) < 4.78 is 9.08. The van der Waals surface area contributed by atoms with Crippen LogP contribution in [0, 0.1) is 6.92 Å². The molecule has 0 spiro atoms. The molecule has 0 atom stereocenters. The third-order valence-corrected chi connectivity index (χ3v) is 6.55. The Labute approximate surface area is 177 Å². The minimum atomic E-state index is -0.294. The van der Waals surface area contributed by atoms with Crippen molar-refractivity contribution in [1.29, 1.82) is 0 Å². The Hall–Kier alpha value is -3.58. The molecule has 150 valence electrons. The van der Waals surface area contributed by atoms with Crippen LogP contribution in [0.25, 0.3) is 16.1 Å². The molecule has 1 N–H and O–H groups in total. The van der Waals surface area contributed by atoms with Gasteiger partial charge in [0, 0.05) is 23.1 Å². The number of thiophene rings is 1. The van der Waals surface area contributed by atoms with Crippen LogP contribution in [0.1, 0.15) is 20.9 Å². The number of hydrogen-bond acceptors (Lipinski definition) is 4. The van der Waals surface area contributed by atoms with Crippen LogP contribution in [0.5, 0.6) is 5.75 Å². The van der Waals surface area contributed by atoms with Gasteiger partial charge in [-0.05, 0) is 37.3 Å². The highest BCUT2D eigenvalue weighted by Crippen LogP contribution is 2.42. The molecule has 3 heterocycles. The van der Waals surface area contributed by atoms with Gasteiger partial charge < -0.3 is 10.1 Å². The van der Waals surface area contributed by atoms with Gasteiger partial charge in [0.2, 0.25) is 0 Å². The van der Waals surface area contributed by atoms with Gasteiger partial charge in [-0.3, -0.25) is 14.3 Å². The number of ether oxygens (including phenoxy) is 1. The van der Waals surface area contributed by atoms with E-state index >= 15 is 0 Å². The molecule has 1 aliphatic heterocycles. The largest absolute Gasteiger partial charge is 0.488 e. The fourth-order valence-electron chi connectivity index (χ4n) is 3.70. The first-order valence-corrected chi connectivity index (χ1v) is 10.4. The molecule has 0 bridgehead atoms. The highest BCUT2D eigenvalue weighted by molar-refractivity contribution is 7.17. The van der Waals surface area contributed by atoms with E-state index in [1.807, 2.05) is 67.6 Å². The number of nitrogens with one attached hydrogen (secondary N) is 1. The third-order valence-electron chi connectivity index (χ3n) is 5.34. The second-order valence-electron chi connectivity index (χ2n) is 7.14. The van der Waals surface area contributed by atoms with Gasteiger partial charge in [0.05, 0.1) is 16.3 Å². The van der Waals surface area contributed by atoms with Crippen LogP contribution in [0.4, 0.5) is 5.69 Å². The minimum Gasteiger partial charge on any atom is -0.488 e. The van der Waals surface area contributed by atoms with Crippen molar-refractivity contribution in [3.63, 3.8) is 0 Å². The maximum absolute atomic E-state index is 13.0. The van der Waals surface area contributed by atoms with E-state index in [1.54, 1.807) is 16.4 Å². The van der Waals surface area contributed by atoms with Crippen molar-refractivity contribution in [3.05, 3.63) is 87.2 Å². The standard InChI is InChI=1S/C23H19N3O3S/c1-14-20(23(28)26(25(14)2)16-8-4-3-5-9-16)24-22(27)19-12-15-13-29-18-11-7-6-10-17(18)21(15)30-19/h3-12H,13H2,1-2H3,(H,24,27). The van der Waals surface area contributed by atoms with Gasteiger partial charge in [0.15, 0.2) is 0 Å². The molecule has 1 aliphatic rings. The highest BCUT2D eigenvalue weighted by atomic mass is 32.1. The molecule has 30 heavy (non-hydrogen) atoms. The third kappa shape index (κ3) is 2.86. The van der Waals surface area contributed by atoms with Crippen molar-refractivity contribution < 1.29 is 9.53 Å². The van der Waals surface area contributed by atoms with Crippen LogP contribution in [0.3, 0.4) is 0 Å². The topological polar surface area (TPSA) is 65.3 Å². The molecule has 0 saturated carbocycles. The molecule has 2 aromatic carbocycles. The lowest BCUT2D eigenvalue weighted by molar-refractivity contribution is 0.103. The Bertz CT molecular complexity index is 1330. The number of carbonyl (C=O) groups excluding carboxylic acids is 1. The van der Waals surface area contributed by atoms with E-state index in [4.69, 9.17) is 4.74 Å². The Morgan fingerprint density at radius 1 is 1.10 bits per heavy atom. The molecule has 7 heteroatoms. The van der Waals surface area contributed by atoms with Crippen molar-refractivity contribution in [2.24, 2.45) is 7.05 Å². The molecule has 1 amide bonds. The molecule has 0 saturated heterocycles. The SMILES string of the molecule is Cc1c(NC(=O)c2cc3c(s2)-c2ccccc2OC3)c(=O)n(-c2ccccc2)n1C. The molecule has 5 rings (SSSR count). The summed E-state index contributed by atoms with van der Waals surface area (Å²) in [5, 5.41) is 2.84. The molecule has 0 fully saturated rings. The number of anilines is 1. The summed E-state index contributed by atoms with van der Waals surface area (Å²) in [4.78, 5) is 27.6. The maximum Gasteiger partial charge on any atom is 0.295 e. The number of benzene rings is 2. The van der Waals surface area contributed by atoms with E-state index in [0.29, 0.717) is 17.2 Å². The van der Waals surface area contributed by atoms with E-state index in [-0.39, 0.29) is 17.2 Å². The van der Waals surface area contributed by atoms with Crippen molar-refractivity contribution >= 4 is 22.9 Å². The normalized spacial score (nSPS) is 12.1. The number of hydrogen-bond donors (Lipinski definition) is 1. The molecule has 4 aromatic rings. The number of aromatic nitrogens is 2. The zero-order chi connectivity index (χ0) is 20.8. The van der Waals surface area contributed by atoms with Gasteiger partial charge in [-0.15, -0.1) is 11.3 Å². The summed E-state index contributed by atoms with van der Waals surface area (Å²) >= 11 is 1.42. The zero-order valence-corrected chi connectivity index (χ0v) is 17.3. The van der Waals surface area contributed by atoms with Gasteiger partial charge in [0.1, 0.15) is 18.0 Å². The van der Waals surface area contributed by atoms with Crippen LogP contribution >= 0.6 is 11.3 Å². The van der Waals surface area contributed by atoms with E-state index < -0.39 is 0 Å². The summed E-state index contributed by atoms with van der Waals surface area (Å²) in [6.07, 6.45) is 0. The Morgan fingerprint density at radius 3 is 2.63 bits per heavy atom. The van der Waals surface area contributed by atoms with E-state index in [0.717, 1.165) is 27.4 Å². The van der Waals surface area contributed by atoms with E-state index in [9.17, 15) is 9.59 Å². The number of amides is 1. The van der Waals surface area contributed by atoms with Crippen molar-refractivity contribution in [2.45, 2.75) is 13.5 Å². The molecule has 0 unspecified atom stereocenters. The van der Waals surface area contributed by atoms with Crippen LogP contribution in [0.2, 0.25) is 0 Å². The van der Waals surface area contributed by atoms with Crippen LogP contribution in [-0.4, -0.2) is 15.3 Å². The van der Waals surface area contributed by atoms with Gasteiger partial charge in [-0.2, -0.15) is 0 Å². The van der Waals surface area contributed by atoms with Crippen molar-refractivity contribution in [1.82, 2.24) is 9.36 Å². The second-order valence-corrected chi connectivity index (χ2v) is 8.19. The predicted molar refractivity (Wildman–Crippen MR) is 118 cm³/mol. The van der Waals surface area contributed by atoms with Crippen LogP contribution in [0.15, 0.2) is 65.5 Å². The molecule has 0 radical (unpaired) electrons. The summed E-state index contributed by atoms with van der Waals surface area (Å²) in [7, 11) is 1.80. The van der Waals surface area contributed by atoms with Gasteiger partial charge >= 0.3 is 0 Å². The predicted octanol–water partition coefficient (Wildman–Crippen LogP) is 4.36. The minimum absolute atomic E-state index is 0.260. The Kier molecular flexibility index (Phi) is 4.33. The van der Waals surface area contributed by atoms with E-state index in [2.05, 4.69) is 5.32 Å². The van der Waals surface area contributed by atoms with Crippen molar-refractivity contribution in [3.8, 4) is 21.9 Å².